The van der Waals surface area contributed by atoms with Crippen LogP contribution in [-0.2, 0) is 30.8 Å². The number of benzene rings is 1. The summed E-state index contributed by atoms with van der Waals surface area (Å²) in [4.78, 5) is 38.4. The molecule has 0 radical (unpaired) electrons. The van der Waals surface area contributed by atoms with Crippen molar-refractivity contribution in [3.63, 3.8) is 0 Å². The molecule has 12 nitrogen and oxygen atoms in total. The van der Waals surface area contributed by atoms with E-state index in [1.807, 2.05) is 6.07 Å². The number of hydrogen-bond acceptors (Lipinski definition) is 11. The predicted octanol–water partition coefficient (Wildman–Crippen LogP) is 1.94. The van der Waals surface area contributed by atoms with E-state index >= 15 is 0 Å². The second kappa shape index (κ2) is 11.6. The van der Waals surface area contributed by atoms with E-state index in [1.165, 1.54) is 18.2 Å². The molecule has 2 atom stereocenters. The highest BCUT2D eigenvalue weighted by Crippen LogP contribution is 2.32. The first-order valence-corrected chi connectivity index (χ1v) is 15.4. The van der Waals surface area contributed by atoms with Gasteiger partial charge in [0.1, 0.15) is 23.7 Å². The van der Waals surface area contributed by atoms with E-state index in [1.54, 1.807) is 25.3 Å². The normalized spacial score (nSPS) is 18.4. The lowest BCUT2D eigenvalue weighted by atomic mass is 10.00. The third-order valence-electron chi connectivity index (χ3n) is 7.20. The number of nitrogens with zero attached hydrogens (tertiary/aromatic N) is 4. The molecule has 3 aromatic rings. The number of nitrogen functional groups attached to an aromatic ring is 1. The van der Waals surface area contributed by atoms with Gasteiger partial charge in [0.15, 0.2) is 9.34 Å². The predicted molar refractivity (Wildman–Crippen MR) is 151 cm³/mol. The standard InChI is InChI=1S/C26H32N6O6S2/c1-3-38-25(34)20(13-17-12-16-6-8-28-23(27)18(16)14-21(17)37-2)32-11-7-19(24(32)33)30-40(35,36)22-15-29-26(39-22)31-9-4-5-10-31/h6,8,12,14-15,19-20,30H,3-5,7,9-11,13H2,1-2H3,(H2,27,28). The van der Waals surface area contributed by atoms with E-state index in [4.69, 9.17) is 15.2 Å². The molecule has 1 aromatic carbocycles. The number of aromatic nitrogens is 2. The minimum absolute atomic E-state index is 0.0530. The van der Waals surface area contributed by atoms with E-state index in [9.17, 15) is 18.0 Å². The second-order valence-corrected chi connectivity index (χ2v) is 12.7. The van der Waals surface area contributed by atoms with Gasteiger partial charge in [-0.05, 0) is 55.3 Å². The summed E-state index contributed by atoms with van der Waals surface area (Å²) in [5.74, 6) is -0.223. The molecular weight excluding hydrogens is 556 g/mol. The van der Waals surface area contributed by atoms with E-state index in [0.29, 0.717) is 27.6 Å². The Morgan fingerprint density at radius 1 is 1.25 bits per heavy atom. The van der Waals surface area contributed by atoms with Crippen LogP contribution >= 0.6 is 11.3 Å². The van der Waals surface area contributed by atoms with Gasteiger partial charge in [0.25, 0.3) is 10.0 Å². The minimum Gasteiger partial charge on any atom is -0.496 e. The summed E-state index contributed by atoms with van der Waals surface area (Å²) < 4.78 is 39.8. The Bertz CT molecular complexity index is 1520. The Morgan fingerprint density at radius 2 is 2.02 bits per heavy atom. The lowest BCUT2D eigenvalue weighted by Gasteiger charge is -2.27. The maximum atomic E-state index is 13.5. The molecule has 2 unspecified atom stereocenters. The summed E-state index contributed by atoms with van der Waals surface area (Å²) >= 11 is 1.09. The molecule has 4 heterocycles. The van der Waals surface area contributed by atoms with Crippen LogP contribution in [0.1, 0.15) is 31.7 Å². The monoisotopic (exact) mass is 588 g/mol. The molecule has 5 rings (SSSR count). The van der Waals surface area contributed by atoms with Gasteiger partial charge >= 0.3 is 5.97 Å². The number of nitrogens with one attached hydrogen (secondary N) is 1. The fourth-order valence-corrected chi connectivity index (χ4v) is 7.59. The van der Waals surface area contributed by atoms with Gasteiger partial charge < -0.3 is 25.0 Å². The van der Waals surface area contributed by atoms with Crippen molar-refractivity contribution < 1.29 is 27.5 Å². The summed E-state index contributed by atoms with van der Waals surface area (Å²) in [6, 6.07) is 3.42. The van der Waals surface area contributed by atoms with E-state index in [-0.39, 0.29) is 30.2 Å². The number of anilines is 2. The van der Waals surface area contributed by atoms with E-state index < -0.39 is 34.0 Å². The molecule has 3 N–H and O–H groups in total. The Morgan fingerprint density at radius 3 is 2.75 bits per heavy atom. The van der Waals surface area contributed by atoms with Gasteiger partial charge in [-0.25, -0.2) is 23.2 Å². The summed E-state index contributed by atoms with van der Waals surface area (Å²) in [6.45, 7) is 3.70. The molecule has 0 aliphatic carbocycles. The smallest absolute Gasteiger partial charge is 0.329 e. The summed E-state index contributed by atoms with van der Waals surface area (Å²) in [5, 5.41) is 2.17. The molecule has 2 fully saturated rings. The summed E-state index contributed by atoms with van der Waals surface area (Å²) in [7, 11) is -2.47. The number of nitrogens with two attached hydrogens (primary N) is 1. The van der Waals surface area contributed by atoms with Crippen molar-refractivity contribution >= 4 is 55.0 Å². The van der Waals surface area contributed by atoms with Crippen molar-refractivity contribution in [3.8, 4) is 5.75 Å². The van der Waals surface area contributed by atoms with Crippen LogP contribution in [0.4, 0.5) is 10.9 Å². The quantitative estimate of drug-likeness (QED) is 0.336. The van der Waals surface area contributed by atoms with Crippen LogP contribution in [0.2, 0.25) is 0 Å². The number of thiazole rings is 1. The molecule has 40 heavy (non-hydrogen) atoms. The van der Waals surface area contributed by atoms with Gasteiger partial charge in [-0.15, -0.1) is 0 Å². The topological polar surface area (TPSA) is 157 Å². The lowest BCUT2D eigenvalue weighted by molar-refractivity contribution is -0.153. The molecule has 0 saturated carbocycles. The number of carbonyl (C=O) groups is 2. The first-order valence-electron chi connectivity index (χ1n) is 13.1. The van der Waals surface area contributed by atoms with Crippen LogP contribution in [0.25, 0.3) is 10.8 Å². The van der Waals surface area contributed by atoms with Crippen molar-refractivity contribution in [3.05, 3.63) is 36.2 Å². The summed E-state index contributed by atoms with van der Waals surface area (Å²) in [5.41, 5.74) is 6.70. The molecule has 14 heteroatoms. The zero-order valence-corrected chi connectivity index (χ0v) is 24.0. The van der Waals surface area contributed by atoms with Crippen LogP contribution in [0, 0.1) is 0 Å². The highest BCUT2D eigenvalue weighted by Gasteiger charge is 2.42. The molecule has 214 valence electrons. The number of amides is 1. The van der Waals surface area contributed by atoms with Crippen molar-refractivity contribution in [2.24, 2.45) is 0 Å². The first kappa shape index (κ1) is 28.1. The lowest BCUT2D eigenvalue weighted by Crippen LogP contribution is -2.48. The molecular formula is C26H32N6O6S2. The van der Waals surface area contributed by atoms with Crippen LogP contribution in [-0.4, -0.2) is 80.6 Å². The number of esters is 1. The number of ether oxygens (including phenoxy) is 2. The Hall–Kier alpha value is -3.49. The molecule has 0 bridgehead atoms. The van der Waals surface area contributed by atoms with Gasteiger partial charge in [-0.2, -0.15) is 4.72 Å². The average molecular weight is 589 g/mol. The number of carbonyl (C=O) groups excluding carboxylic acids is 2. The maximum Gasteiger partial charge on any atom is 0.329 e. The molecule has 2 aliphatic rings. The Balaban J connectivity index is 1.36. The van der Waals surface area contributed by atoms with Crippen molar-refractivity contribution in [2.45, 2.75) is 48.9 Å². The third-order valence-corrected chi connectivity index (χ3v) is 10.2. The number of pyridine rings is 1. The number of rotatable bonds is 10. The Labute approximate surface area is 236 Å². The number of likely N-dealkylation sites (tertiary alicyclic amines) is 1. The zero-order chi connectivity index (χ0) is 28.4. The third kappa shape index (κ3) is 5.56. The molecule has 1 amide bonds. The number of sulfonamides is 1. The minimum atomic E-state index is -3.98. The van der Waals surface area contributed by atoms with E-state index in [2.05, 4.69) is 19.6 Å². The summed E-state index contributed by atoms with van der Waals surface area (Å²) in [6.07, 6.45) is 5.33. The van der Waals surface area contributed by atoms with Gasteiger partial charge in [0.05, 0.1) is 19.9 Å². The Kier molecular flexibility index (Phi) is 8.10. The molecule has 2 aliphatic heterocycles. The fourth-order valence-electron chi connectivity index (χ4n) is 5.18. The maximum absolute atomic E-state index is 13.5. The largest absolute Gasteiger partial charge is 0.496 e. The van der Waals surface area contributed by atoms with Crippen molar-refractivity contribution in [1.29, 1.82) is 0 Å². The average Bonchev–Trinajstić information content (AvgIpc) is 3.70. The van der Waals surface area contributed by atoms with Crippen LogP contribution in [0.15, 0.2) is 34.8 Å². The van der Waals surface area contributed by atoms with Gasteiger partial charge in [0, 0.05) is 37.6 Å². The van der Waals surface area contributed by atoms with Crippen molar-refractivity contribution in [1.82, 2.24) is 19.6 Å². The van der Waals surface area contributed by atoms with Gasteiger partial charge in [-0.1, -0.05) is 11.3 Å². The van der Waals surface area contributed by atoms with Crippen LogP contribution in [0.5, 0.6) is 5.75 Å². The molecule has 0 spiro atoms. The number of hydrogen-bond donors (Lipinski definition) is 2. The van der Waals surface area contributed by atoms with Crippen molar-refractivity contribution in [2.75, 3.05) is 44.0 Å². The first-order chi connectivity index (χ1) is 19.2. The molecule has 2 aromatic heterocycles. The fraction of sp³-hybridized carbons (Fsp3) is 0.462. The van der Waals surface area contributed by atoms with Crippen LogP contribution in [0.3, 0.4) is 0 Å². The molecule has 2 saturated heterocycles. The highest BCUT2D eigenvalue weighted by atomic mass is 32.2. The zero-order valence-electron chi connectivity index (χ0n) is 22.3. The van der Waals surface area contributed by atoms with E-state index in [0.717, 1.165) is 42.7 Å². The van der Waals surface area contributed by atoms with Crippen LogP contribution < -0.4 is 20.1 Å². The number of methoxy groups -OCH3 is 1. The second-order valence-electron chi connectivity index (χ2n) is 9.70. The SMILES string of the molecule is CCOC(=O)C(Cc1cc2ccnc(N)c2cc1OC)N1CCC(NS(=O)(=O)c2cnc(N3CCCC3)s2)C1=O. The van der Waals surface area contributed by atoms with Gasteiger partial charge in [0.2, 0.25) is 5.91 Å². The van der Waals surface area contributed by atoms with Gasteiger partial charge in [-0.3, -0.25) is 4.79 Å². The number of fused-ring (bicyclic) bond motifs is 1. The highest BCUT2D eigenvalue weighted by molar-refractivity contribution is 7.91.